The van der Waals surface area contributed by atoms with Crippen molar-refractivity contribution in [3.8, 4) is 11.9 Å². The predicted octanol–water partition coefficient (Wildman–Crippen LogP) is 0.844. The molecular formula is C5H5ClN2O2. The molecule has 0 aromatic carbocycles. The fourth-order valence-electron chi connectivity index (χ4n) is 0.441. The lowest BCUT2D eigenvalue weighted by atomic mass is 10.6. The third-order valence-corrected chi connectivity index (χ3v) is 1.15. The van der Waals surface area contributed by atoms with E-state index in [2.05, 4.69) is 14.7 Å². The van der Waals surface area contributed by atoms with E-state index < -0.39 is 0 Å². The number of hydrogen-bond acceptors (Lipinski definition) is 4. The van der Waals surface area contributed by atoms with Crippen LogP contribution in [-0.2, 0) is 0 Å². The van der Waals surface area contributed by atoms with E-state index in [-0.39, 0.29) is 16.9 Å². The molecule has 0 saturated heterocycles. The number of halogens is 1. The van der Waals surface area contributed by atoms with Crippen molar-refractivity contribution < 1.29 is 9.84 Å². The maximum atomic E-state index is 8.87. The summed E-state index contributed by atoms with van der Waals surface area (Å²) in [5.74, 6) is -0.270. The van der Waals surface area contributed by atoms with Crippen LogP contribution in [0.4, 0.5) is 0 Å². The Hall–Kier alpha value is -1.03. The maximum Gasteiger partial charge on any atom is 0.319 e. The Morgan fingerprint density at radius 1 is 1.70 bits per heavy atom. The van der Waals surface area contributed by atoms with E-state index in [1.54, 1.807) is 0 Å². The number of aromatic nitrogens is 2. The van der Waals surface area contributed by atoms with E-state index in [1.165, 1.54) is 13.3 Å². The van der Waals surface area contributed by atoms with Gasteiger partial charge in [0.15, 0.2) is 0 Å². The van der Waals surface area contributed by atoms with Gasteiger partial charge in [-0.25, -0.2) is 4.98 Å². The van der Waals surface area contributed by atoms with Gasteiger partial charge in [0, 0.05) is 0 Å². The van der Waals surface area contributed by atoms with Crippen molar-refractivity contribution in [1.29, 1.82) is 0 Å². The van der Waals surface area contributed by atoms with E-state index in [0.717, 1.165) is 0 Å². The lowest BCUT2D eigenvalue weighted by molar-refractivity contribution is 0.363. The predicted molar refractivity (Wildman–Crippen MR) is 35.3 cm³/mol. The van der Waals surface area contributed by atoms with Gasteiger partial charge in [-0.15, -0.1) is 0 Å². The van der Waals surface area contributed by atoms with Crippen molar-refractivity contribution in [2.24, 2.45) is 0 Å². The highest BCUT2D eigenvalue weighted by atomic mass is 35.5. The first-order valence-electron chi connectivity index (χ1n) is 2.49. The molecule has 0 amide bonds. The number of aromatic hydroxyl groups is 1. The van der Waals surface area contributed by atoms with Crippen molar-refractivity contribution in [2.75, 3.05) is 7.11 Å². The van der Waals surface area contributed by atoms with Crippen LogP contribution < -0.4 is 4.74 Å². The molecule has 0 radical (unpaired) electrons. The second-order valence-corrected chi connectivity index (χ2v) is 1.94. The minimum absolute atomic E-state index is 0.0990. The van der Waals surface area contributed by atoms with Gasteiger partial charge in [-0.05, 0) is 0 Å². The summed E-state index contributed by atoms with van der Waals surface area (Å²) in [6, 6.07) is 0.0990. The summed E-state index contributed by atoms with van der Waals surface area (Å²) >= 11 is 5.41. The Labute approximate surface area is 62.4 Å². The summed E-state index contributed by atoms with van der Waals surface area (Å²) in [7, 11) is 1.41. The average Bonchev–Trinajstić information content (AvgIpc) is 1.95. The molecule has 0 spiro atoms. The number of rotatable bonds is 1. The van der Waals surface area contributed by atoms with Gasteiger partial charge in [0.05, 0.1) is 13.3 Å². The van der Waals surface area contributed by atoms with Crippen LogP contribution in [-0.4, -0.2) is 22.2 Å². The number of ether oxygens (including phenoxy) is 1. The van der Waals surface area contributed by atoms with Crippen molar-refractivity contribution in [1.82, 2.24) is 9.97 Å². The summed E-state index contributed by atoms with van der Waals surface area (Å²) in [5.41, 5.74) is 0. The molecule has 0 aliphatic heterocycles. The molecule has 0 aliphatic carbocycles. The zero-order chi connectivity index (χ0) is 7.56. The van der Waals surface area contributed by atoms with Gasteiger partial charge in [-0.2, -0.15) is 4.98 Å². The molecule has 5 heteroatoms. The second-order valence-electron chi connectivity index (χ2n) is 1.53. The minimum Gasteiger partial charge on any atom is -0.492 e. The van der Waals surface area contributed by atoms with Gasteiger partial charge in [0.2, 0.25) is 5.88 Å². The van der Waals surface area contributed by atoms with Crippen molar-refractivity contribution in [3.05, 3.63) is 11.2 Å². The zero-order valence-electron chi connectivity index (χ0n) is 5.21. The number of hydrogen-bond donors (Lipinski definition) is 1. The van der Waals surface area contributed by atoms with Gasteiger partial charge in [0.1, 0.15) is 5.02 Å². The van der Waals surface area contributed by atoms with Crippen LogP contribution in [0, 0.1) is 0 Å². The van der Waals surface area contributed by atoms with Gasteiger partial charge in [0.25, 0.3) is 0 Å². The molecular weight excluding hydrogens is 156 g/mol. The second kappa shape index (κ2) is 2.70. The minimum atomic E-state index is -0.270. The summed E-state index contributed by atoms with van der Waals surface area (Å²) in [4.78, 5) is 7.11. The third-order valence-electron chi connectivity index (χ3n) is 0.886. The monoisotopic (exact) mass is 160 g/mol. The highest BCUT2D eigenvalue weighted by molar-refractivity contribution is 6.31. The van der Waals surface area contributed by atoms with Crippen molar-refractivity contribution >= 4 is 11.6 Å². The van der Waals surface area contributed by atoms with Crippen LogP contribution in [0.2, 0.25) is 5.02 Å². The van der Waals surface area contributed by atoms with E-state index in [1.807, 2.05) is 0 Å². The molecule has 10 heavy (non-hydrogen) atoms. The summed E-state index contributed by atoms with van der Waals surface area (Å²) < 4.78 is 4.61. The Balaban J connectivity index is 3.04. The van der Waals surface area contributed by atoms with E-state index >= 15 is 0 Å². The van der Waals surface area contributed by atoms with E-state index in [9.17, 15) is 0 Å². The zero-order valence-corrected chi connectivity index (χ0v) is 5.96. The first kappa shape index (κ1) is 7.08. The van der Waals surface area contributed by atoms with Crippen LogP contribution in [0.1, 0.15) is 0 Å². The topological polar surface area (TPSA) is 55.2 Å². The van der Waals surface area contributed by atoms with Crippen LogP contribution in [0.25, 0.3) is 0 Å². The molecule has 0 unspecified atom stereocenters. The third kappa shape index (κ3) is 1.27. The van der Waals surface area contributed by atoms with Gasteiger partial charge < -0.3 is 9.84 Å². The smallest absolute Gasteiger partial charge is 0.319 e. The molecule has 0 saturated carbocycles. The first-order valence-corrected chi connectivity index (χ1v) is 2.87. The molecule has 1 aromatic rings. The molecule has 0 fully saturated rings. The summed E-state index contributed by atoms with van der Waals surface area (Å²) in [5, 5.41) is 8.98. The standard InChI is InChI=1S/C5H5ClN2O2/c1-10-5-7-2-3(6)4(9)8-5/h2H,1H3,(H,7,8,9). The van der Waals surface area contributed by atoms with Crippen LogP contribution in [0.3, 0.4) is 0 Å². The highest BCUT2D eigenvalue weighted by Crippen LogP contribution is 2.19. The molecule has 1 N–H and O–H groups in total. The van der Waals surface area contributed by atoms with Gasteiger partial charge in [-0.3, -0.25) is 0 Å². The average molecular weight is 161 g/mol. The SMILES string of the molecule is COc1ncc(Cl)c(O)n1. The Kier molecular flexibility index (Phi) is 1.91. The summed E-state index contributed by atoms with van der Waals surface area (Å²) in [6.45, 7) is 0. The molecule has 54 valence electrons. The Bertz CT molecular complexity index is 241. The van der Waals surface area contributed by atoms with Crippen molar-refractivity contribution in [2.45, 2.75) is 0 Å². The van der Waals surface area contributed by atoms with E-state index in [4.69, 9.17) is 16.7 Å². The normalized spacial score (nSPS) is 9.40. The maximum absolute atomic E-state index is 8.87. The lowest BCUT2D eigenvalue weighted by Gasteiger charge is -1.97. The molecule has 1 rings (SSSR count). The van der Waals surface area contributed by atoms with Gasteiger partial charge in [-0.1, -0.05) is 11.6 Å². The molecule has 0 atom stereocenters. The molecule has 4 nitrogen and oxygen atoms in total. The fourth-order valence-corrected chi connectivity index (χ4v) is 0.532. The van der Waals surface area contributed by atoms with Crippen molar-refractivity contribution in [3.63, 3.8) is 0 Å². The number of nitrogens with zero attached hydrogens (tertiary/aromatic N) is 2. The Morgan fingerprint density at radius 2 is 2.40 bits per heavy atom. The van der Waals surface area contributed by atoms with Gasteiger partial charge >= 0.3 is 6.01 Å². The fraction of sp³-hybridized carbons (Fsp3) is 0.200. The molecule has 1 heterocycles. The molecule has 0 aliphatic rings. The molecule has 0 bridgehead atoms. The molecule has 1 aromatic heterocycles. The largest absolute Gasteiger partial charge is 0.492 e. The van der Waals surface area contributed by atoms with Crippen LogP contribution >= 0.6 is 11.6 Å². The van der Waals surface area contributed by atoms with E-state index in [0.29, 0.717) is 0 Å². The first-order chi connectivity index (χ1) is 4.74. The Morgan fingerprint density at radius 3 is 2.90 bits per heavy atom. The quantitative estimate of drug-likeness (QED) is 0.662. The highest BCUT2D eigenvalue weighted by Gasteiger charge is 2.01. The number of methoxy groups -OCH3 is 1. The van der Waals surface area contributed by atoms with Crippen LogP contribution in [0.15, 0.2) is 6.20 Å². The lowest BCUT2D eigenvalue weighted by Crippen LogP contribution is -1.90. The summed E-state index contributed by atoms with van der Waals surface area (Å²) in [6.07, 6.45) is 1.27. The van der Waals surface area contributed by atoms with Crippen LogP contribution in [0.5, 0.6) is 11.9 Å².